The summed E-state index contributed by atoms with van der Waals surface area (Å²) in [5, 5.41) is 3.00. The third kappa shape index (κ3) is 4.57. The van der Waals surface area contributed by atoms with Gasteiger partial charge in [-0.15, -0.1) is 0 Å². The summed E-state index contributed by atoms with van der Waals surface area (Å²) >= 11 is 0. The molecule has 0 heterocycles. The minimum absolute atomic E-state index is 0.0728. The Morgan fingerprint density at radius 2 is 2.00 bits per heavy atom. The highest BCUT2D eigenvalue weighted by Crippen LogP contribution is 2.08. The van der Waals surface area contributed by atoms with Crippen molar-refractivity contribution in [1.29, 1.82) is 0 Å². The van der Waals surface area contributed by atoms with Crippen molar-refractivity contribution in [2.75, 3.05) is 6.54 Å². The van der Waals surface area contributed by atoms with Crippen LogP contribution in [0.3, 0.4) is 0 Å². The van der Waals surface area contributed by atoms with E-state index in [1.54, 1.807) is 0 Å². The summed E-state index contributed by atoms with van der Waals surface area (Å²) in [7, 11) is 0. The largest absolute Gasteiger partial charge is 0.350 e. The first-order chi connectivity index (χ1) is 8.09. The van der Waals surface area contributed by atoms with Crippen LogP contribution in [-0.4, -0.2) is 18.0 Å². The number of nitrogens with one attached hydrogen (secondary N) is 1. The van der Waals surface area contributed by atoms with Crippen LogP contribution < -0.4 is 11.1 Å². The van der Waals surface area contributed by atoms with Crippen molar-refractivity contribution in [1.82, 2.24) is 5.32 Å². The fraction of sp³-hybridized carbons (Fsp3) is 0.500. The zero-order valence-corrected chi connectivity index (χ0v) is 10.7. The number of hydrogen-bond acceptors (Lipinski definition) is 2. The number of amides is 1. The maximum atomic E-state index is 11.8. The van der Waals surface area contributed by atoms with E-state index < -0.39 is 0 Å². The molecule has 0 aromatic heterocycles. The third-order valence-corrected chi connectivity index (χ3v) is 3.16. The molecule has 94 valence electrons. The lowest BCUT2D eigenvalue weighted by atomic mass is 9.98. The van der Waals surface area contributed by atoms with Gasteiger partial charge in [0.25, 0.3) is 0 Å². The molecule has 3 nitrogen and oxygen atoms in total. The molecule has 0 saturated carbocycles. The van der Waals surface area contributed by atoms with E-state index in [4.69, 9.17) is 5.73 Å². The van der Waals surface area contributed by atoms with Crippen LogP contribution in [0.2, 0.25) is 0 Å². The maximum absolute atomic E-state index is 11.8. The van der Waals surface area contributed by atoms with Gasteiger partial charge in [0, 0.05) is 18.5 Å². The van der Waals surface area contributed by atoms with Gasteiger partial charge in [0.1, 0.15) is 0 Å². The minimum atomic E-state index is -0.270. The van der Waals surface area contributed by atoms with Gasteiger partial charge in [0.15, 0.2) is 0 Å². The molecule has 0 aliphatic carbocycles. The van der Waals surface area contributed by atoms with Crippen LogP contribution in [0.1, 0.15) is 32.3 Å². The van der Waals surface area contributed by atoms with E-state index >= 15 is 0 Å². The van der Waals surface area contributed by atoms with Crippen molar-refractivity contribution in [2.45, 2.75) is 38.6 Å². The molecule has 1 rings (SSSR count). The van der Waals surface area contributed by atoms with Gasteiger partial charge in [0.05, 0.1) is 0 Å². The van der Waals surface area contributed by atoms with Crippen molar-refractivity contribution in [2.24, 2.45) is 5.73 Å². The molecular weight excluding hydrogens is 212 g/mol. The van der Waals surface area contributed by atoms with E-state index in [-0.39, 0.29) is 11.4 Å². The topological polar surface area (TPSA) is 55.1 Å². The van der Waals surface area contributed by atoms with Gasteiger partial charge >= 0.3 is 0 Å². The fourth-order valence-corrected chi connectivity index (χ4v) is 1.59. The van der Waals surface area contributed by atoms with Crippen LogP contribution >= 0.6 is 0 Å². The molecule has 0 bridgehead atoms. The summed E-state index contributed by atoms with van der Waals surface area (Å²) in [5.41, 5.74) is 6.58. The Bertz CT molecular complexity index is 344. The highest BCUT2D eigenvalue weighted by Gasteiger charge is 2.21. The molecule has 3 heteroatoms. The molecule has 0 saturated heterocycles. The monoisotopic (exact) mass is 234 g/mol. The number of aryl methyl sites for hydroxylation is 1. The predicted molar refractivity (Wildman–Crippen MR) is 70.7 cm³/mol. The lowest BCUT2D eigenvalue weighted by Crippen LogP contribution is -2.50. The zero-order chi connectivity index (χ0) is 12.7. The average molecular weight is 234 g/mol. The summed E-state index contributed by atoms with van der Waals surface area (Å²) in [5.74, 6) is 0.0728. The molecule has 3 N–H and O–H groups in total. The molecule has 1 aromatic carbocycles. The first-order valence-corrected chi connectivity index (χ1v) is 6.14. The van der Waals surface area contributed by atoms with E-state index in [0.717, 1.165) is 12.8 Å². The van der Waals surface area contributed by atoms with Gasteiger partial charge in [-0.3, -0.25) is 4.79 Å². The second-order valence-corrected chi connectivity index (χ2v) is 4.65. The quantitative estimate of drug-likeness (QED) is 0.789. The van der Waals surface area contributed by atoms with Gasteiger partial charge in [-0.1, -0.05) is 37.3 Å². The van der Waals surface area contributed by atoms with E-state index in [2.05, 4.69) is 5.32 Å². The SMILES string of the molecule is CCC(C)(CN)NC(=O)CCc1ccccc1. The van der Waals surface area contributed by atoms with Crippen LogP contribution in [0.4, 0.5) is 0 Å². The van der Waals surface area contributed by atoms with E-state index in [0.29, 0.717) is 13.0 Å². The first-order valence-electron chi connectivity index (χ1n) is 6.14. The summed E-state index contributed by atoms with van der Waals surface area (Å²) < 4.78 is 0. The molecule has 1 aromatic rings. The highest BCUT2D eigenvalue weighted by atomic mass is 16.1. The van der Waals surface area contributed by atoms with Crippen molar-refractivity contribution in [3.63, 3.8) is 0 Å². The second-order valence-electron chi connectivity index (χ2n) is 4.65. The second kappa shape index (κ2) is 6.40. The Hall–Kier alpha value is -1.35. The van der Waals surface area contributed by atoms with Gasteiger partial charge in [-0.25, -0.2) is 0 Å². The first kappa shape index (κ1) is 13.7. The molecule has 1 unspecified atom stereocenters. The average Bonchev–Trinajstić information content (AvgIpc) is 2.37. The molecule has 1 atom stereocenters. The Labute approximate surface area is 103 Å². The number of rotatable bonds is 6. The smallest absolute Gasteiger partial charge is 0.220 e. The predicted octanol–water partition coefficient (Wildman–Crippen LogP) is 1.86. The molecule has 0 radical (unpaired) electrons. The summed E-state index contributed by atoms with van der Waals surface area (Å²) in [6, 6.07) is 10.0. The van der Waals surface area contributed by atoms with Crippen LogP contribution in [-0.2, 0) is 11.2 Å². The zero-order valence-electron chi connectivity index (χ0n) is 10.7. The van der Waals surface area contributed by atoms with E-state index in [1.807, 2.05) is 44.2 Å². The molecule has 1 amide bonds. The van der Waals surface area contributed by atoms with Crippen LogP contribution in [0.15, 0.2) is 30.3 Å². The summed E-state index contributed by atoms with van der Waals surface area (Å²) in [6.07, 6.45) is 2.14. The fourth-order valence-electron chi connectivity index (χ4n) is 1.59. The van der Waals surface area contributed by atoms with Crippen molar-refractivity contribution >= 4 is 5.91 Å². The normalized spacial score (nSPS) is 14.1. The van der Waals surface area contributed by atoms with Gasteiger partial charge < -0.3 is 11.1 Å². The Morgan fingerprint density at radius 1 is 1.35 bits per heavy atom. The maximum Gasteiger partial charge on any atom is 0.220 e. The molecule has 0 aliphatic heterocycles. The number of hydrogen-bond donors (Lipinski definition) is 2. The summed E-state index contributed by atoms with van der Waals surface area (Å²) in [6.45, 7) is 4.48. The number of benzene rings is 1. The number of carbonyl (C=O) groups is 1. The van der Waals surface area contributed by atoms with Gasteiger partial charge in [-0.05, 0) is 25.3 Å². The molecule has 0 fully saturated rings. The molecule has 0 aliphatic rings. The van der Waals surface area contributed by atoms with E-state index in [1.165, 1.54) is 5.56 Å². The minimum Gasteiger partial charge on any atom is -0.350 e. The molecular formula is C14H22N2O. The van der Waals surface area contributed by atoms with Crippen molar-refractivity contribution < 1.29 is 4.79 Å². The third-order valence-electron chi connectivity index (χ3n) is 3.16. The Balaban J connectivity index is 2.40. The van der Waals surface area contributed by atoms with E-state index in [9.17, 15) is 4.79 Å². The van der Waals surface area contributed by atoms with Crippen molar-refractivity contribution in [3.05, 3.63) is 35.9 Å². The highest BCUT2D eigenvalue weighted by molar-refractivity contribution is 5.77. The number of nitrogens with two attached hydrogens (primary N) is 1. The molecule has 17 heavy (non-hydrogen) atoms. The van der Waals surface area contributed by atoms with Crippen LogP contribution in [0, 0.1) is 0 Å². The number of carbonyl (C=O) groups excluding carboxylic acids is 1. The van der Waals surface area contributed by atoms with Crippen LogP contribution in [0.5, 0.6) is 0 Å². The lowest BCUT2D eigenvalue weighted by Gasteiger charge is -2.27. The van der Waals surface area contributed by atoms with Gasteiger partial charge in [0.2, 0.25) is 5.91 Å². The molecule has 0 spiro atoms. The standard InChI is InChI=1S/C14H22N2O/c1-3-14(2,11-15)16-13(17)10-9-12-7-5-4-6-8-12/h4-8H,3,9-11,15H2,1-2H3,(H,16,17). The van der Waals surface area contributed by atoms with Crippen LogP contribution in [0.25, 0.3) is 0 Å². The van der Waals surface area contributed by atoms with Gasteiger partial charge in [-0.2, -0.15) is 0 Å². The summed E-state index contributed by atoms with van der Waals surface area (Å²) in [4.78, 5) is 11.8. The van der Waals surface area contributed by atoms with Crippen molar-refractivity contribution in [3.8, 4) is 0 Å². The Morgan fingerprint density at radius 3 is 2.53 bits per heavy atom. The lowest BCUT2D eigenvalue weighted by molar-refractivity contribution is -0.122. The Kier molecular flexibility index (Phi) is 5.16.